The van der Waals surface area contributed by atoms with Crippen LogP contribution >= 0.6 is 0 Å². The van der Waals surface area contributed by atoms with Gasteiger partial charge in [-0.05, 0) is 73.1 Å². The van der Waals surface area contributed by atoms with Crippen LogP contribution in [0.4, 0.5) is 17.3 Å². The Kier molecular flexibility index (Phi) is 8.35. The molecule has 0 radical (unpaired) electrons. The smallest absolute Gasteiger partial charge is 0.226 e. The van der Waals surface area contributed by atoms with Gasteiger partial charge in [0.1, 0.15) is 17.3 Å². The van der Waals surface area contributed by atoms with E-state index in [0.717, 1.165) is 63.6 Å². The molecule has 5 aromatic rings. The Hall–Kier alpha value is -5.04. The summed E-state index contributed by atoms with van der Waals surface area (Å²) in [6.45, 7) is 10.7. The lowest BCUT2D eigenvalue weighted by molar-refractivity contribution is 0.416. The number of fused-ring (bicyclic) bond motifs is 1. The number of allylic oxidation sites excluding steroid dienone is 1. The van der Waals surface area contributed by atoms with Crippen LogP contribution in [-0.4, -0.2) is 17.1 Å². The SMILES string of the molecule is COc1ccc(C(C)(C)C)cc1NC(Nc1ccc(Oc2cc(C)nc(NC(C)c3ccccc3)n2)c2ccccc12)=C1CC1. The molecule has 0 saturated heterocycles. The number of rotatable bonds is 10. The van der Waals surface area contributed by atoms with Gasteiger partial charge in [-0.15, -0.1) is 0 Å². The third-order valence-electron chi connectivity index (χ3n) is 8.01. The molecule has 1 unspecified atom stereocenters. The highest BCUT2D eigenvalue weighted by atomic mass is 16.5. The first-order valence-electron chi connectivity index (χ1n) is 15.5. The minimum atomic E-state index is 0.0221. The lowest BCUT2D eigenvalue weighted by Crippen LogP contribution is -2.14. The highest BCUT2D eigenvalue weighted by molar-refractivity contribution is 5.98. The van der Waals surface area contributed by atoms with Crippen LogP contribution in [0.5, 0.6) is 17.4 Å². The molecule has 1 saturated carbocycles. The van der Waals surface area contributed by atoms with Crippen LogP contribution in [0.2, 0.25) is 0 Å². The Labute approximate surface area is 265 Å². The molecule has 6 rings (SSSR count). The summed E-state index contributed by atoms with van der Waals surface area (Å²) in [6, 6.07) is 30.9. The van der Waals surface area contributed by atoms with Crippen molar-refractivity contribution < 1.29 is 9.47 Å². The van der Waals surface area contributed by atoms with Crippen LogP contribution < -0.4 is 25.4 Å². The van der Waals surface area contributed by atoms with Crippen molar-refractivity contribution in [1.29, 1.82) is 0 Å². The van der Waals surface area contributed by atoms with Crippen LogP contribution in [0.3, 0.4) is 0 Å². The average molecular weight is 600 g/mol. The number of nitrogens with zero attached hydrogens (tertiary/aromatic N) is 2. The summed E-state index contributed by atoms with van der Waals surface area (Å²) in [5.74, 6) is 3.55. The second-order valence-corrected chi connectivity index (χ2v) is 12.6. The molecular weight excluding hydrogens is 558 g/mol. The minimum Gasteiger partial charge on any atom is -0.495 e. The lowest BCUT2D eigenvalue weighted by Gasteiger charge is -2.23. The van der Waals surface area contributed by atoms with E-state index < -0.39 is 0 Å². The van der Waals surface area contributed by atoms with Gasteiger partial charge in [-0.3, -0.25) is 0 Å². The molecule has 230 valence electrons. The third kappa shape index (κ3) is 7.04. The monoisotopic (exact) mass is 599 g/mol. The first-order chi connectivity index (χ1) is 21.7. The number of methoxy groups -OCH3 is 1. The summed E-state index contributed by atoms with van der Waals surface area (Å²) in [5, 5.41) is 12.8. The predicted octanol–water partition coefficient (Wildman–Crippen LogP) is 9.74. The van der Waals surface area contributed by atoms with Crippen LogP contribution in [0.25, 0.3) is 10.8 Å². The van der Waals surface area contributed by atoms with E-state index in [2.05, 4.69) is 91.1 Å². The van der Waals surface area contributed by atoms with Crippen LogP contribution in [0.1, 0.15) is 63.4 Å². The Bertz CT molecular complexity index is 1850. The molecule has 0 spiro atoms. The number of nitrogens with one attached hydrogen (secondary N) is 3. The standard InChI is InChI=1S/C38H41N5O2/c1-24-22-35(43-37(39-24)40-25(2)26-12-8-7-9-13-26)45-33-21-19-31(29-14-10-11-15-30(29)33)41-36(27-16-17-27)42-32-23-28(38(3,4)5)18-20-34(32)44-6/h7-15,18-23,25,41-42H,16-17H2,1-6H3,(H,39,40,43). The molecule has 0 amide bonds. The van der Waals surface area contributed by atoms with Crippen molar-refractivity contribution in [3.63, 3.8) is 0 Å². The Morgan fingerprint density at radius 2 is 1.47 bits per heavy atom. The van der Waals surface area contributed by atoms with Crippen LogP contribution in [-0.2, 0) is 5.41 Å². The molecule has 0 bridgehead atoms. The predicted molar refractivity (Wildman–Crippen MR) is 184 cm³/mol. The molecule has 3 N–H and O–H groups in total. The second-order valence-electron chi connectivity index (χ2n) is 12.6. The quantitative estimate of drug-likeness (QED) is 0.147. The van der Waals surface area contributed by atoms with Crippen LogP contribution in [0, 0.1) is 6.92 Å². The summed E-state index contributed by atoms with van der Waals surface area (Å²) in [4.78, 5) is 9.31. The number of hydrogen-bond donors (Lipinski definition) is 3. The van der Waals surface area contributed by atoms with Crippen molar-refractivity contribution in [3.8, 4) is 17.4 Å². The molecule has 1 aromatic heterocycles. The second kappa shape index (κ2) is 12.5. The van der Waals surface area contributed by atoms with E-state index in [1.165, 1.54) is 11.1 Å². The maximum Gasteiger partial charge on any atom is 0.226 e. The molecule has 1 aliphatic rings. The molecular formula is C38H41N5O2. The lowest BCUT2D eigenvalue weighted by atomic mass is 9.87. The normalized spacial score (nSPS) is 13.2. The van der Waals surface area contributed by atoms with E-state index in [4.69, 9.17) is 14.5 Å². The molecule has 0 aliphatic heterocycles. The first kappa shape index (κ1) is 30.0. The molecule has 7 nitrogen and oxygen atoms in total. The average Bonchev–Trinajstić information content (AvgIpc) is 3.87. The number of ether oxygens (including phenoxy) is 2. The summed E-state index contributed by atoms with van der Waals surface area (Å²) in [6.07, 6.45) is 2.12. The highest BCUT2D eigenvalue weighted by Crippen LogP contribution is 2.39. The van der Waals surface area contributed by atoms with Crippen molar-refractivity contribution in [2.75, 3.05) is 23.1 Å². The highest BCUT2D eigenvalue weighted by Gasteiger charge is 2.22. The van der Waals surface area contributed by atoms with E-state index in [1.54, 1.807) is 7.11 Å². The Balaban J connectivity index is 1.27. The molecule has 7 heteroatoms. The van der Waals surface area contributed by atoms with Crippen molar-refractivity contribution >= 4 is 28.1 Å². The van der Waals surface area contributed by atoms with Crippen molar-refractivity contribution in [3.05, 3.63) is 119 Å². The zero-order valence-electron chi connectivity index (χ0n) is 26.9. The molecule has 1 aliphatic carbocycles. The van der Waals surface area contributed by atoms with Gasteiger partial charge < -0.3 is 25.4 Å². The number of benzene rings is 4. The number of hydrogen-bond acceptors (Lipinski definition) is 7. The van der Waals surface area contributed by atoms with Crippen LogP contribution in [0.15, 0.2) is 102 Å². The summed E-state index contributed by atoms with van der Waals surface area (Å²) < 4.78 is 12.2. The van der Waals surface area contributed by atoms with Gasteiger partial charge in [-0.2, -0.15) is 4.98 Å². The topological polar surface area (TPSA) is 80.3 Å². The number of aromatic nitrogens is 2. The van der Waals surface area contributed by atoms with Gasteiger partial charge in [-0.1, -0.05) is 81.4 Å². The van der Waals surface area contributed by atoms with Gasteiger partial charge in [0.25, 0.3) is 0 Å². The third-order valence-corrected chi connectivity index (χ3v) is 8.01. The fourth-order valence-corrected chi connectivity index (χ4v) is 5.32. The van der Waals surface area contributed by atoms with Gasteiger partial charge in [0.2, 0.25) is 11.8 Å². The van der Waals surface area contributed by atoms with Gasteiger partial charge >= 0.3 is 0 Å². The summed E-state index contributed by atoms with van der Waals surface area (Å²) >= 11 is 0. The van der Waals surface area contributed by atoms with Crippen molar-refractivity contribution in [2.24, 2.45) is 0 Å². The minimum absolute atomic E-state index is 0.0221. The van der Waals surface area contributed by atoms with E-state index in [-0.39, 0.29) is 11.5 Å². The maximum absolute atomic E-state index is 6.43. The molecule has 1 heterocycles. The zero-order valence-corrected chi connectivity index (χ0v) is 26.9. The largest absolute Gasteiger partial charge is 0.495 e. The summed E-state index contributed by atoms with van der Waals surface area (Å²) in [7, 11) is 1.71. The number of aryl methyl sites for hydroxylation is 1. The van der Waals surface area contributed by atoms with E-state index in [0.29, 0.717) is 11.8 Å². The Morgan fingerprint density at radius 3 is 2.18 bits per heavy atom. The van der Waals surface area contributed by atoms with E-state index in [9.17, 15) is 0 Å². The van der Waals surface area contributed by atoms with Crippen molar-refractivity contribution in [1.82, 2.24) is 9.97 Å². The van der Waals surface area contributed by atoms with Gasteiger partial charge in [0, 0.05) is 28.2 Å². The molecule has 1 fully saturated rings. The maximum atomic E-state index is 6.43. The number of anilines is 3. The van der Waals surface area contributed by atoms with E-state index >= 15 is 0 Å². The fourth-order valence-electron chi connectivity index (χ4n) is 5.32. The fraction of sp³-hybridized carbons (Fsp3) is 0.263. The summed E-state index contributed by atoms with van der Waals surface area (Å²) in [5.41, 5.74) is 6.53. The molecule has 1 atom stereocenters. The van der Waals surface area contributed by atoms with Gasteiger partial charge in [0.15, 0.2) is 0 Å². The van der Waals surface area contributed by atoms with Crippen molar-refractivity contribution in [2.45, 2.75) is 58.9 Å². The van der Waals surface area contributed by atoms with E-state index in [1.807, 2.05) is 55.5 Å². The zero-order chi connectivity index (χ0) is 31.6. The Morgan fingerprint density at radius 1 is 0.778 bits per heavy atom. The molecule has 45 heavy (non-hydrogen) atoms. The van der Waals surface area contributed by atoms with Gasteiger partial charge in [0.05, 0.1) is 18.8 Å². The first-order valence-corrected chi connectivity index (χ1v) is 15.5. The molecule has 4 aromatic carbocycles. The van der Waals surface area contributed by atoms with Gasteiger partial charge in [-0.25, -0.2) is 4.98 Å².